The SMILES string of the molecule is CC1CN(c2c(C=C3SC(=S)N(Cc4ccc(F)cc4)C3=O)c(=O)n(C)c3ccccc23)CC(C)O1. The average molecular weight is 524 g/mol. The molecule has 2 aromatic carbocycles. The molecule has 2 saturated heterocycles. The van der Waals surface area contributed by atoms with E-state index in [2.05, 4.69) is 4.90 Å². The van der Waals surface area contributed by atoms with Crippen LogP contribution in [-0.4, -0.2) is 45.0 Å². The lowest BCUT2D eigenvalue weighted by atomic mass is 10.0. The lowest BCUT2D eigenvalue weighted by Crippen LogP contribution is -2.46. The molecule has 0 bridgehead atoms. The molecule has 2 fully saturated rings. The standard InChI is InChI=1S/C27H26FN3O3S2/c1-16-13-30(14-17(2)34-16)24-20-6-4-5-7-22(20)29(3)25(32)21(24)12-23-26(33)31(27(35)36-23)15-18-8-10-19(28)11-9-18/h4-12,16-17H,13-15H2,1-3H3. The molecule has 9 heteroatoms. The van der Waals surface area contributed by atoms with Gasteiger partial charge in [0.25, 0.3) is 11.5 Å². The van der Waals surface area contributed by atoms with Crippen molar-refractivity contribution < 1.29 is 13.9 Å². The van der Waals surface area contributed by atoms with Crippen LogP contribution in [0, 0.1) is 5.82 Å². The maximum Gasteiger partial charge on any atom is 0.266 e. The van der Waals surface area contributed by atoms with Crippen molar-refractivity contribution in [2.24, 2.45) is 7.05 Å². The van der Waals surface area contributed by atoms with Crippen molar-refractivity contribution in [1.29, 1.82) is 0 Å². The van der Waals surface area contributed by atoms with Crippen LogP contribution < -0.4 is 10.5 Å². The largest absolute Gasteiger partial charge is 0.372 e. The van der Waals surface area contributed by atoms with E-state index in [0.29, 0.717) is 27.9 Å². The van der Waals surface area contributed by atoms with Crippen LogP contribution in [0.3, 0.4) is 0 Å². The molecule has 5 rings (SSSR count). The number of hydrogen-bond acceptors (Lipinski definition) is 6. The summed E-state index contributed by atoms with van der Waals surface area (Å²) in [6, 6.07) is 13.8. The maximum absolute atomic E-state index is 13.6. The zero-order valence-electron chi connectivity index (χ0n) is 20.2. The van der Waals surface area contributed by atoms with Crippen molar-refractivity contribution in [3.8, 4) is 0 Å². The molecule has 1 aromatic heterocycles. The summed E-state index contributed by atoms with van der Waals surface area (Å²) in [6.07, 6.45) is 1.68. The highest BCUT2D eigenvalue weighted by Crippen LogP contribution is 2.37. The number of hydrogen-bond donors (Lipinski definition) is 0. The Kier molecular flexibility index (Phi) is 6.72. The topological polar surface area (TPSA) is 54.8 Å². The molecule has 0 N–H and O–H groups in total. The third-order valence-corrected chi connectivity index (χ3v) is 7.83. The minimum Gasteiger partial charge on any atom is -0.372 e. The number of aromatic nitrogens is 1. The number of thioether (sulfide) groups is 1. The summed E-state index contributed by atoms with van der Waals surface area (Å²) in [4.78, 5) is 31.1. The van der Waals surface area contributed by atoms with Gasteiger partial charge in [-0.2, -0.15) is 0 Å². The highest BCUT2D eigenvalue weighted by Gasteiger charge is 2.34. The number of pyridine rings is 1. The first-order chi connectivity index (χ1) is 17.2. The fourth-order valence-corrected chi connectivity index (χ4v) is 6.11. The smallest absolute Gasteiger partial charge is 0.266 e. The van der Waals surface area contributed by atoms with E-state index in [9.17, 15) is 14.0 Å². The van der Waals surface area contributed by atoms with E-state index < -0.39 is 0 Å². The molecule has 6 nitrogen and oxygen atoms in total. The number of amides is 1. The number of aryl methyl sites for hydroxylation is 1. The zero-order chi connectivity index (χ0) is 25.6. The number of rotatable bonds is 4. The Bertz CT molecular complexity index is 1440. The van der Waals surface area contributed by atoms with Gasteiger partial charge in [0, 0.05) is 25.5 Å². The molecule has 36 heavy (non-hydrogen) atoms. The number of carbonyl (C=O) groups is 1. The van der Waals surface area contributed by atoms with Gasteiger partial charge in [0.2, 0.25) is 0 Å². The molecule has 0 spiro atoms. The van der Waals surface area contributed by atoms with Crippen LogP contribution in [-0.2, 0) is 23.1 Å². The summed E-state index contributed by atoms with van der Waals surface area (Å²) in [6.45, 7) is 5.55. The van der Waals surface area contributed by atoms with Crippen LogP contribution in [0.25, 0.3) is 17.0 Å². The van der Waals surface area contributed by atoms with Crippen molar-refractivity contribution in [2.75, 3.05) is 18.0 Å². The lowest BCUT2D eigenvalue weighted by molar-refractivity contribution is -0.122. The summed E-state index contributed by atoms with van der Waals surface area (Å²) in [5.74, 6) is -0.602. The number of para-hydroxylation sites is 1. The summed E-state index contributed by atoms with van der Waals surface area (Å²) < 4.78 is 21.3. The van der Waals surface area contributed by atoms with Gasteiger partial charge in [0.05, 0.1) is 40.4 Å². The normalized spacial score (nSPS) is 21.7. The van der Waals surface area contributed by atoms with Crippen LogP contribution in [0.15, 0.2) is 58.2 Å². The molecule has 2 aliphatic heterocycles. The number of halogens is 1. The van der Waals surface area contributed by atoms with Crippen molar-refractivity contribution in [2.45, 2.75) is 32.6 Å². The summed E-state index contributed by atoms with van der Waals surface area (Å²) in [5, 5.41) is 0.939. The van der Waals surface area contributed by atoms with E-state index in [1.165, 1.54) is 28.8 Å². The second-order valence-electron chi connectivity index (χ2n) is 9.20. The highest BCUT2D eigenvalue weighted by atomic mass is 32.2. The number of fused-ring (bicyclic) bond motifs is 1. The summed E-state index contributed by atoms with van der Waals surface area (Å²) in [7, 11) is 1.75. The number of thiocarbonyl (C=S) groups is 1. The van der Waals surface area contributed by atoms with Gasteiger partial charge in [-0.05, 0) is 43.7 Å². The fourth-order valence-electron chi connectivity index (χ4n) is 4.87. The molecule has 1 amide bonds. The number of nitrogens with zero attached hydrogens (tertiary/aromatic N) is 3. The molecule has 3 heterocycles. The average Bonchev–Trinajstić information content (AvgIpc) is 3.10. The molecule has 2 atom stereocenters. The summed E-state index contributed by atoms with van der Waals surface area (Å²) in [5.41, 5.74) is 2.68. The number of ether oxygens (including phenoxy) is 1. The molecule has 2 aliphatic rings. The van der Waals surface area contributed by atoms with Crippen LogP contribution in [0.4, 0.5) is 10.1 Å². The Labute approximate surface area is 218 Å². The van der Waals surface area contributed by atoms with Crippen LogP contribution in [0.1, 0.15) is 25.0 Å². The Morgan fingerprint density at radius 2 is 1.75 bits per heavy atom. The van der Waals surface area contributed by atoms with E-state index in [1.807, 2.05) is 38.1 Å². The van der Waals surface area contributed by atoms with Gasteiger partial charge in [0.1, 0.15) is 10.1 Å². The maximum atomic E-state index is 13.6. The lowest BCUT2D eigenvalue weighted by Gasteiger charge is -2.38. The molecule has 186 valence electrons. The second-order valence-corrected chi connectivity index (χ2v) is 10.9. The van der Waals surface area contributed by atoms with Gasteiger partial charge in [-0.15, -0.1) is 0 Å². The Morgan fingerprint density at radius 1 is 1.08 bits per heavy atom. The van der Waals surface area contributed by atoms with Crippen molar-refractivity contribution in [1.82, 2.24) is 9.47 Å². The zero-order valence-corrected chi connectivity index (χ0v) is 21.9. The minimum absolute atomic E-state index is 0.00154. The van der Waals surface area contributed by atoms with Crippen molar-refractivity contribution in [3.05, 3.63) is 80.7 Å². The molecule has 2 unspecified atom stereocenters. The van der Waals surface area contributed by atoms with E-state index in [-0.39, 0.29) is 36.0 Å². The quantitative estimate of drug-likeness (QED) is 0.365. The third kappa shape index (κ3) is 4.58. The van der Waals surface area contributed by atoms with E-state index in [4.69, 9.17) is 17.0 Å². The van der Waals surface area contributed by atoms with E-state index in [1.54, 1.807) is 29.8 Å². The first kappa shape index (κ1) is 24.7. The van der Waals surface area contributed by atoms with Gasteiger partial charge in [-0.1, -0.05) is 54.3 Å². The Hall–Kier alpha value is -3.01. The number of morpholine rings is 1. The van der Waals surface area contributed by atoms with Crippen LogP contribution in [0.2, 0.25) is 0 Å². The first-order valence-electron chi connectivity index (χ1n) is 11.7. The summed E-state index contributed by atoms with van der Waals surface area (Å²) >= 11 is 6.68. The Morgan fingerprint density at radius 3 is 2.44 bits per heavy atom. The monoisotopic (exact) mass is 523 g/mol. The minimum atomic E-state index is -0.338. The fraction of sp³-hybridized carbons (Fsp3) is 0.296. The highest BCUT2D eigenvalue weighted by molar-refractivity contribution is 8.26. The molecule has 0 aliphatic carbocycles. The molecule has 0 radical (unpaired) electrons. The van der Waals surface area contributed by atoms with Crippen molar-refractivity contribution in [3.63, 3.8) is 0 Å². The van der Waals surface area contributed by atoms with Crippen LogP contribution >= 0.6 is 24.0 Å². The number of carbonyl (C=O) groups excluding carboxylic acids is 1. The number of anilines is 1. The second kappa shape index (κ2) is 9.80. The van der Waals surface area contributed by atoms with Gasteiger partial charge in [-0.3, -0.25) is 14.5 Å². The molecule has 0 saturated carbocycles. The van der Waals surface area contributed by atoms with Gasteiger partial charge in [-0.25, -0.2) is 4.39 Å². The third-order valence-electron chi connectivity index (χ3n) is 6.45. The van der Waals surface area contributed by atoms with Gasteiger partial charge < -0.3 is 14.2 Å². The predicted molar refractivity (Wildman–Crippen MR) is 147 cm³/mol. The van der Waals surface area contributed by atoms with E-state index in [0.717, 1.165) is 22.2 Å². The molecule has 3 aromatic rings. The van der Waals surface area contributed by atoms with E-state index >= 15 is 0 Å². The molecular weight excluding hydrogens is 497 g/mol. The first-order valence-corrected chi connectivity index (χ1v) is 13.0. The van der Waals surface area contributed by atoms with Gasteiger partial charge in [0.15, 0.2) is 0 Å². The van der Waals surface area contributed by atoms with Crippen LogP contribution in [0.5, 0.6) is 0 Å². The number of benzene rings is 2. The van der Waals surface area contributed by atoms with Gasteiger partial charge >= 0.3 is 0 Å². The Balaban J connectivity index is 1.60. The predicted octanol–water partition coefficient (Wildman–Crippen LogP) is 4.69. The molecular formula is C27H26FN3O3S2. The van der Waals surface area contributed by atoms with Crippen molar-refractivity contribution >= 4 is 56.9 Å².